The second-order valence-electron chi connectivity index (χ2n) is 5.86. The molecule has 0 saturated carbocycles. The standard InChI is InChI=1S/C18H19N3O6S/c1-4-6-26-17(23)12-8-11-14(27-12)15(20-21(11)18(24)25-5-2)19-16(22)13-7-10(3)9-28-13/h7-9H,4-6H2,1-3H3,(H,19,20,22). The van der Waals surface area contributed by atoms with E-state index in [1.54, 1.807) is 13.0 Å². The zero-order valence-corrected chi connectivity index (χ0v) is 16.4. The molecule has 1 N–H and O–H groups in total. The maximum atomic E-state index is 12.5. The number of rotatable bonds is 6. The third-order valence-corrected chi connectivity index (χ3v) is 4.67. The van der Waals surface area contributed by atoms with E-state index in [0.717, 1.165) is 10.2 Å². The van der Waals surface area contributed by atoms with Gasteiger partial charge in [0, 0.05) is 6.07 Å². The Morgan fingerprint density at radius 3 is 2.68 bits per heavy atom. The van der Waals surface area contributed by atoms with Crippen LogP contribution >= 0.6 is 11.3 Å². The zero-order valence-electron chi connectivity index (χ0n) is 15.6. The second kappa shape index (κ2) is 8.26. The van der Waals surface area contributed by atoms with E-state index in [0.29, 0.717) is 11.3 Å². The molecule has 9 nitrogen and oxygen atoms in total. The monoisotopic (exact) mass is 405 g/mol. The first-order valence-electron chi connectivity index (χ1n) is 8.67. The molecule has 0 fully saturated rings. The van der Waals surface area contributed by atoms with E-state index >= 15 is 0 Å². The van der Waals surface area contributed by atoms with Gasteiger partial charge in [-0.25, -0.2) is 9.59 Å². The molecule has 0 unspecified atom stereocenters. The summed E-state index contributed by atoms with van der Waals surface area (Å²) >= 11 is 1.28. The lowest BCUT2D eigenvalue weighted by Crippen LogP contribution is -2.16. The summed E-state index contributed by atoms with van der Waals surface area (Å²) in [5.41, 5.74) is 1.23. The van der Waals surface area contributed by atoms with Crippen molar-refractivity contribution in [1.82, 2.24) is 9.78 Å². The summed E-state index contributed by atoms with van der Waals surface area (Å²) in [7, 11) is 0. The number of hydrogen-bond donors (Lipinski definition) is 1. The van der Waals surface area contributed by atoms with Crippen molar-refractivity contribution in [2.24, 2.45) is 0 Å². The summed E-state index contributed by atoms with van der Waals surface area (Å²) in [6.45, 7) is 5.77. The van der Waals surface area contributed by atoms with Crippen molar-refractivity contribution in [1.29, 1.82) is 0 Å². The van der Waals surface area contributed by atoms with Crippen LogP contribution in [0.2, 0.25) is 0 Å². The number of esters is 1. The number of amides is 1. The highest BCUT2D eigenvalue weighted by Gasteiger charge is 2.25. The molecule has 1 amide bonds. The third-order valence-electron chi connectivity index (χ3n) is 3.62. The van der Waals surface area contributed by atoms with Gasteiger partial charge in [0.1, 0.15) is 5.52 Å². The number of aromatic nitrogens is 2. The Hall–Kier alpha value is -3.14. The van der Waals surface area contributed by atoms with Crippen LogP contribution in [0.15, 0.2) is 21.9 Å². The molecule has 0 aromatic carbocycles. The Bertz CT molecular complexity index is 1030. The van der Waals surface area contributed by atoms with Gasteiger partial charge in [0.15, 0.2) is 11.4 Å². The topological polar surface area (TPSA) is 113 Å². The number of furan rings is 1. The predicted molar refractivity (Wildman–Crippen MR) is 102 cm³/mol. The summed E-state index contributed by atoms with van der Waals surface area (Å²) in [5.74, 6) is -1.16. The summed E-state index contributed by atoms with van der Waals surface area (Å²) in [6, 6.07) is 3.07. The third kappa shape index (κ3) is 3.91. The van der Waals surface area contributed by atoms with Gasteiger partial charge in [-0.05, 0) is 37.3 Å². The van der Waals surface area contributed by atoms with Gasteiger partial charge < -0.3 is 19.2 Å². The molecule has 0 atom stereocenters. The normalized spacial score (nSPS) is 10.8. The Labute approximate surface area is 164 Å². The Balaban J connectivity index is 1.98. The number of anilines is 1. The van der Waals surface area contributed by atoms with E-state index in [-0.39, 0.29) is 35.9 Å². The molecule has 28 heavy (non-hydrogen) atoms. The molecule has 3 heterocycles. The van der Waals surface area contributed by atoms with Crippen LogP contribution in [-0.2, 0) is 9.47 Å². The lowest BCUT2D eigenvalue weighted by molar-refractivity contribution is 0.0471. The fraction of sp³-hybridized carbons (Fsp3) is 0.333. The van der Waals surface area contributed by atoms with Crippen LogP contribution < -0.4 is 5.32 Å². The lowest BCUT2D eigenvalue weighted by atomic mass is 10.3. The van der Waals surface area contributed by atoms with Crippen molar-refractivity contribution in [3.05, 3.63) is 33.7 Å². The summed E-state index contributed by atoms with van der Waals surface area (Å²) < 4.78 is 16.5. The SMILES string of the molecule is CCCOC(=O)c1cc2c(o1)c(NC(=O)c1cc(C)cs1)nn2C(=O)OCC. The van der Waals surface area contributed by atoms with Gasteiger partial charge >= 0.3 is 12.1 Å². The summed E-state index contributed by atoms with van der Waals surface area (Å²) in [4.78, 5) is 37.2. The van der Waals surface area contributed by atoms with Gasteiger partial charge in [-0.2, -0.15) is 4.68 Å². The number of nitrogens with one attached hydrogen (secondary N) is 1. The molecule has 3 rings (SSSR count). The minimum atomic E-state index is -0.755. The summed E-state index contributed by atoms with van der Waals surface area (Å²) in [5, 5.41) is 8.53. The number of fused-ring (bicyclic) bond motifs is 1. The van der Waals surface area contributed by atoms with Crippen molar-refractivity contribution >= 4 is 46.2 Å². The highest BCUT2D eigenvalue weighted by molar-refractivity contribution is 7.12. The van der Waals surface area contributed by atoms with Gasteiger partial charge in [-0.15, -0.1) is 16.4 Å². The van der Waals surface area contributed by atoms with Gasteiger partial charge in [-0.1, -0.05) is 6.92 Å². The van der Waals surface area contributed by atoms with Crippen molar-refractivity contribution < 1.29 is 28.3 Å². The lowest BCUT2D eigenvalue weighted by Gasteiger charge is -2.02. The highest BCUT2D eigenvalue weighted by Crippen LogP contribution is 2.28. The Kier molecular flexibility index (Phi) is 5.78. The maximum absolute atomic E-state index is 12.5. The van der Waals surface area contributed by atoms with Crippen LogP contribution in [0, 0.1) is 6.92 Å². The molecule has 0 aliphatic rings. The van der Waals surface area contributed by atoms with E-state index in [9.17, 15) is 14.4 Å². The van der Waals surface area contributed by atoms with Crippen molar-refractivity contribution in [2.45, 2.75) is 27.2 Å². The highest BCUT2D eigenvalue weighted by atomic mass is 32.1. The molecule has 0 radical (unpaired) electrons. The van der Waals surface area contributed by atoms with Crippen molar-refractivity contribution in [3.63, 3.8) is 0 Å². The molecule has 148 valence electrons. The number of aryl methyl sites for hydroxylation is 1. The minimum absolute atomic E-state index is 0.00801. The van der Waals surface area contributed by atoms with Crippen LogP contribution in [0.3, 0.4) is 0 Å². The second-order valence-corrected chi connectivity index (χ2v) is 6.77. The first-order chi connectivity index (χ1) is 13.4. The first kappa shape index (κ1) is 19.6. The average Bonchev–Trinajstić information content (AvgIpc) is 3.36. The molecular weight excluding hydrogens is 386 g/mol. The van der Waals surface area contributed by atoms with E-state index in [2.05, 4.69) is 10.4 Å². The number of thiophene rings is 1. The van der Waals surface area contributed by atoms with Crippen LogP contribution in [0.1, 0.15) is 46.1 Å². The largest absolute Gasteiger partial charge is 0.460 e. The molecule has 0 aliphatic heterocycles. The van der Waals surface area contributed by atoms with Crippen molar-refractivity contribution in [3.8, 4) is 0 Å². The number of nitrogens with zero attached hydrogens (tertiary/aromatic N) is 2. The van der Waals surface area contributed by atoms with Crippen LogP contribution in [-0.4, -0.2) is 41.0 Å². The molecular formula is C18H19N3O6S. The van der Waals surface area contributed by atoms with Crippen LogP contribution in [0.5, 0.6) is 0 Å². The average molecular weight is 405 g/mol. The fourth-order valence-electron chi connectivity index (χ4n) is 2.40. The first-order valence-corrected chi connectivity index (χ1v) is 9.55. The smallest absolute Gasteiger partial charge is 0.435 e. The quantitative estimate of drug-likeness (QED) is 0.620. The van der Waals surface area contributed by atoms with Crippen LogP contribution in [0.4, 0.5) is 10.6 Å². The van der Waals surface area contributed by atoms with Gasteiger partial charge in [0.25, 0.3) is 5.91 Å². The summed E-state index contributed by atoms with van der Waals surface area (Å²) in [6.07, 6.45) is -0.0985. The van der Waals surface area contributed by atoms with E-state index in [1.807, 2.05) is 19.2 Å². The molecule has 0 saturated heterocycles. The van der Waals surface area contributed by atoms with E-state index < -0.39 is 18.0 Å². The molecule has 10 heteroatoms. The molecule has 3 aromatic rings. The van der Waals surface area contributed by atoms with Crippen molar-refractivity contribution in [2.75, 3.05) is 18.5 Å². The number of carbonyl (C=O) groups is 3. The Morgan fingerprint density at radius 2 is 2.04 bits per heavy atom. The zero-order chi connectivity index (χ0) is 20.3. The Morgan fingerprint density at radius 1 is 1.25 bits per heavy atom. The van der Waals surface area contributed by atoms with E-state index in [1.165, 1.54) is 17.4 Å². The minimum Gasteiger partial charge on any atom is -0.460 e. The number of hydrogen-bond acceptors (Lipinski definition) is 8. The predicted octanol–water partition coefficient (Wildman–Crippen LogP) is 3.82. The molecule has 0 spiro atoms. The number of carbonyl (C=O) groups excluding carboxylic acids is 3. The number of ether oxygens (including phenoxy) is 2. The maximum Gasteiger partial charge on any atom is 0.435 e. The van der Waals surface area contributed by atoms with Gasteiger partial charge in [-0.3, -0.25) is 4.79 Å². The van der Waals surface area contributed by atoms with E-state index in [4.69, 9.17) is 13.9 Å². The molecule has 0 bridgehead atoms. The van der Waals surface area contributed by atoms with Gasteiger partial charge in [0.05, 0.1) is 18.1 Å². The van der Waals surface area contributed by atoms with Gasteiger partial charge in [0.2, 0.25) is 5.76 Å². The fourth-order valence-corrected chi connectivity index (χ4v) is 3.19. The molecule has 3 aromatic heterocycles. The molecule has 0 aliphatic carbocycles. The van der Waals surface area contributed by atoms with Crippen LogP contribution in [0.25, 0.3) is 11.1 Å².